The lowest BCUT2D eigenvalue weighted by Gasteiger charge is -2.07. The Morgan fingerprint density at radius 3 is 2.90 bits per heavy atom. The van der Waals surface area contributed by atoms with Crippen LogP contribution in [0.15, 0.2) is 34.8 Å². The molecule has 1 heterocycles. The molecule has 0 aliphatic heterocycles. The van der Waals surface area contributed by atoms with Crippen molar-refractivity contribution >= 4 is 50.5 Å². The minimum absolute atomic E-state index is 0.307. The number of thiophene rings is 1. The summed E-state index contributed by atoms with van der Waals surface area (Å²) >= 11 is 10.9. The Labute approximate surface area is 135 Å². The van der Waals surface area contributed by atoms with E-state index in [1.165, 1.54) is 11.3 Å². The van der Waals surface area contributed by atoms with Crippen LogP contribution in [0.1, 0.15) is 22.2 Å². The third-order valence-corrected chi connectivity index (χ3v) is 5.01. The maximum atomic E-state index is 11.6. The van der Waals surface area contributed by atoms with Crippen molar-refractivity contribution in [1.82, 2.24) is 0 Å². The fourth-order valence-corrected chi connectivity index (χ4v) is 3.37. The average Bonchev–Trinajstić information content (AvgIpc) is 2.76. The number of hydrogen-bond donors (Lipinski definition) is 1. The number of esters is 1. The van der Waals surface area contributed by atoms with Gasteiger partial charge in [0, 0.05) is 21.6 Å². The van der Waals surface area contributed by atoms with E-state index >= 15 is 0 Å². The fourth-order valence-electron chi connectivity index (χ4n) is 1.64. The number of anilines is 1. The van der Waals surface area contributed by atoms with Crippen molar-refractivity contribution < 1.29 is 9.53 Å². The molecule has 20 heavy (non-hydrogen) atoms. The Morgan fingerprint density at radius 1 is 1.45 bits per heavy atom. The summed E-state index contributed by atoms with van der Waals surface area (Å²) in [7, 11) is 0. The van der Waals surface area contributed by atoms with E-state index in [4.69, 9.17) is 16.3 Å². The summed E-state index contributed by atoms with van der Waals surface area (Å²) < 4.78 is 6.62. The summed E-state index contributed by atoms with van der Waals surface area (Å²) in [5.74, 6) is -0.307. The second-order valence-electron chi connectivity index (χ2n) is 3.99. The summed E-state index contributed by atoms with van der Waals surface area (Å²) in [4.78, 5) is 12.8. The molecule has 3 nitrogen and oxygen atoms in total. The molecule has 106 valence electrons. The van der Waals surface area contributed by atoms with Crippen LogP contribution in [0, 0.1) is 0 Å². The lowest BCUT2D eigenvalue weighted by molar-refractivity contribution is 0.0526. The van der Waals surface area contributed by atoms with Crippen LogP contribution in [0.25, 0.3) is 0 Å². The zero-order valence-corrected chi connectivity index (χ0v) is 13.9. The van der Waals surface area contributed by atoms with Gasteiger partial charge in [-0.2, -0.15) is 0 Å². The van der Waals surface area contributed by atoms with Crippen LogP contribution in [-0.2, 0) is 11.3 Å². The Hall–Kier alpha value is -1.04. The largest absolute Gasteiger partial charge is 0.462 e. The van der Waals surface area contributed by atoms with Gasteiger partial charge in [0.2, 0.25) is 0 Å². The molecule has 1 aromatic heterocycles. The first kappa shape index (κ1) is 15.4. The first-order chi connectivity index (χ1) is 9.60. The zero-order chi connectivity index (χ0) is 14.5. The molecule has 0 saturated heterocycles. The number of carbonyl (C=O) groups is 1. The van der Waals surface area contributed by atoms with Crippen molar-refractivity contribution in [3.8, 4) is 0 Å². The van der Waals surface area contributed by atoms with Crippen LogP contribution in [0.2, 0.25) is 4.34 Å². The highest BCUT2D eigenvalue weighted by Crippen LogP contribution is 2.32. The van der Waals surface area contributed by atoms with Crippen molar-refractivity contribution in [3.63, 3.8) is 0 Å². The Morgan fingerprint density at radius 2 is 2.25 bits per heavy atom. The highest BCUT2D eigenvalue weighted by atomic mass is 79.9. The van der Waals surface area contributed by atoms with Gasteiger partial charge in [0.15, 0.2) is 0 Å². The monoisotopic (exact) mass is 373 g/mol. The van der Waals surface area contributed by atoms with Gasteiger partial charge in [0.25, 0.3) is 0 Å². The molecule has 0 amide bonds. The van der Waals surface area contributed by atoms with Gasteiger partial charge in [-0.15, -0.1) is 11.3 Å². The normalized spacial score (nSPS) is 10.3. The number of halogens is 2. The number of rotatable bonds is 5. The minimum Gasteiger partial charge on any atom is -0.462 e. The van der Waals surface area contributed by atoms with E-state index < -0.39 is 0 Å². The highest BCUT2D eigenvalue weighted by molar-refractivity contribution is 9.10. The second-order valence-corrected chi connectivity index (χ2v) is 6.58. The van der Waals surface area contributed by atoms with E-state index in [0.717, 1.165) is 19.4 Å². The topological polar surface area (TPSA) is 38.3 Å². The fraction of sp³-hybridized carbons (Fsp3) is 0.214. The standard InChI is InChI=1S/C14H13BrClNO2S/c1-2-19-14(18)9-4-3-5-10(6-9)17-8-11-7-12(15)13(16)20-11/h3-7,17H,2,8H2,1H3. The van der Waals surface area contributed by atoms with E-state index in [1.807, 2.05) is 18.2 Å². The second kappa shape index (κ2) is 7.11. The van der Waals surface area contributed by atoms with Gasteiger partial charge in [-0.1, -0.05) is 17.7 Å². The van der Waals surface area contributed by atoms with Gasteiger partial charge in [0.05, 0.1) is 12.2 Å². The van der Waals surface area contributed by atoms with Crippen LogP contribution < -0.4 is 5.32 Å². The van der Waals surface area contributed by atoms with Crippen LogP contribution in [0.3, 0.4) is 0 Å². The Kier molecular flexibility index (Phi) is 5.46. The molecule has 0 aliphatic carbocycles. The van der Waals surface area contributed by atoms with Crippen LogP contribution in [0.5, 0.6) is 0 Å². The number of ether oxygens (including phenoxy) is 1. The first-order valence-electron chi connectivity index (χ1n) is 6.05. The summed E-state index contributed by atoms with van der Waals surface area (Å²) in [6, 6.07) is 9.23. The molecule has 1 N–H and O–H groups in total. The molecule has 2 aromatic rings. The molecule has 0 fully saturated rings. The lowest BCUT2D eigenvalue weighted by Crippen LogP contribution is -2.05. The maximum Gasteiger partial charge on any atom is 0.338 e. The van der Waals surface area contributed by atoms with Crippen LogP contribution in [-0.4, -0.2) is 12.6 Å². The molecule has 0 bridgehead atoms. The van der Waals surface area contributed by atoms with Gasteiger partial charge >= 0.3 is 5.97 Å². The molecular formula is C14H13BrClNO2S. The third kappa shape index (κ3) is 3.98. The van der Waals surface area contributed by atoms with Crippen molar-refractivity contribution in [2.75, 3.05) is 11.9 Å². The smallest absolute Gasteiger partial charge is 0.338 e. The van der Waals surface area contributed by atoms with Gasteiger partial charge in [-0.05, 0) is 47.1 Å². The minimum atomic E-state index is -0.307. The molecule has 0 atom stereocenters. The van der Waals surface area contributed by atoms with Crippen molar-refractivity contribution in [2.24, 2.45) is 0 Å². The van der Waals surface area contributed by atoms with E-state index in [0.29, 0.717) is 18.7 Å². The third-order valence-electron chi connectivity index (χ3n) is 2.54. The van der Waals surface area contributed by atoms with Crippen molar-refractivity contribution in [3.05, 3.63) is 49.6 Å². The zero-order valence-electron chi connectivity index (χ0n) is 10.8. The maximum absolute atomic E-state index is 11.6. The van der Waals surface area contributed by atoms with E-state index in [1.54, 1.807) is 19.1 Å². The molecule has 0 spiro atoms. The first-order valence-corrected chi connectivity index (χ1v) is 8.03. The van der Waals surface area contributed by atoms with Crippen molar-refractivity contribution in [1.29, 1.82) is 0 Å². The number of hydrogen-bond acceptors (Lipinski definition) is 4. The predicted molar refractivity (Wildman–Crippen MR) is 86.8 cm³/mol. The molecule has 0 unspecified atom stereocenters. The highest BCUT2D eigenvalue weighted by Gasteiger charge is 2.07. The molecular weight excluding hydrogens is 362 g/mol. The molecule has 1 aromatic carbocycles. The average molecular weight is 375 g/mol. The number of carbonyl (C=O) groups excluding carboxylic acids is 1. The number of nitrogens with one attached hydrogen (secondary N) is 1. The van der Waals surface area contributed by atoms with Gasteiger partial charge in [0.1, 0.15) is 4.34 Å². The Bertz CT molecular complexity index is 595. The van der Waals surface area contributed by atoms with Crippen LogP contribution in [0.4, 0.5) is 5.69 Å². The summed E-state index contributed by atoms with van der Waals surface area (Å²) in [5.41, 5.74) is 1.42. The summed E-state index contributed by atoms with van der Waals surface area (Å²) in [5, 5.41) is 3.26. The SMILES string of the molecule is CCOC(=O)c1cccc(NCc2cc(Br)c(Cl)s2)c1. The van der Waals surface area contributed by atoms with Crippen LogP contribution >= 0.6 is 38.9 Å². The van der Waals surface area contributed by atoms with E-state index in [2.05, 4.69) is 21.2 Å². The predicted octanol–water partition coefficient (Wildman–Crippen LogP) is 4.95. The lowest BCUT2D eigenvalue weighted by atomic mass is 10.2. The summed E-state index contributed by atoms with van der Waals surface area (Å²) in [6.07, 6.45) is 0. The molecule has 0 saturated carbocycles. The van der Waals surface area contributed by atoms with E-state index in [-0.39, 0.29) is 5.97 Å². The Balaban J connectivity index is 2.02. The molecule has 0 aliphatic rings. The molecule has 2 rings (SSSR count). The number of benzene rings is 1. The van der Waals surface area contributed by atoms with E-state index in [9.17, 15) is 4.79 Å². The quantitative estimate of drug-likeness (QED) is 0.752. The van der Waals surface area contributed by atoms with Gasteiger partial charge in [-0.3, -0.25) is 0 Å². The van der Waals surface area contributed by atoms with Crippen molar-refractivity contribution in [2.45, 2.75) is 13.5 Å². The molecule has 0 radical (unpaired) electrons. The van der Waals surface area contributed by atoms with Gasteiger partial charge < -0.3 is 10.1 Å². The summed E-state index contributed by atoms with van der Waals surface area (Å²) in [6.45, 7) is 2.82. The van der Waals surface area contributed by atoms with Gasteiger partial charge in [-0.25, -0.2) is 4.79 Å². The molecule has 6 heteroatoms.